The van der Waals surface area contributed by atoms with Crippen LogP contribution in [0.4, 0.5) is 0 Å². The van der Waals surface area contributed by atoms with E-state index in [2.05, 4.69) is 48.0 Å². The van der Waals surface area contributed by atoms with Crippen LogP contribution in [0.3, 0.4) is 0 Å². The van der Waals surface area contributed by atoms with Gasteiger partial charge in [-0.2, -0.15) is 0 Å². The fraction of sp³-hybridized carbons (Fsp3) is 0.562. The molecule has 1 N–H and O–H groups in total. The van der Waals surface area contributed by atoms with E-state index in [1.54, 1.807) is 0 Å². The zero-order chi connectivity index (χ0) is 14.8. The average molecular weight is 276 g/mol. The number of hydrogen-bond donors (Lipinski definition) is 1. The van der Waals surface area contributed by atoms with Crippen molar-refractivity contribution in [3.8, 4) is 0 Å². The van der Waals surface area contributed by atoms with Crippen molar-refractivity contribution >= 4 is 5.97 Å². The van der Waals surface area contributed by atoms with E-state index in [0.29, 0.717) is 0 Å². The summed E-state index contributed by atoms with van der Waals surface area (Å²) >= 11 is 0. The van der Waals surface area contributed by atoms with Crippen LogP contribution in [0, 0.1) is 6.92 Å². The van der Waals surface area contributed by atoms with Crippen molar-refractivity contribution in [2.24, 2.45) is 0 Å². The molecule has 0 radical (unpaired) electrons. The van der Waals surface area contributed by atoms with Gasteiger partial charge in [-0.3, -0.25) is 9.69 Å². The molecule has 1 saturated heterocycles. The maximum atomic E-state index is 11.3. The zero-order valence-electron chi connectivity index (χ0n) is 12.6. The van der Waals surface area contributed by atoms with Gasteiger partial charge in [-0.15, -0.1) is 0 Å². The largest absolute Gasteiger partial charge is 0.481 e. The lowest BCUT2D eigenvalue weighted by Gasteiger charge is -2.45. The second-order valence-electron chi connectivity index (χ2n) is 6.00. The summed E-state index contributed by atoms with van der Waals surface area (Å²) in [5, 5.41) is 9.31. The highest BCUT2D eigenvalue weighted by atomic mass is 16.4. The van der Waals surface area contributed by atoms with Crippen LogP contribution in [0.2, 0.25) is 0 Å². The van der Waals surface area contributed by atoms with Crippen molar-refractivity contribution in [3.63, 3.8) is 0 Å². The minimum atomic E-state index is -0.744. The number of carboxylic acids is 1. The summed E-state index contributed by atoms with van der Waals surface area (Å²) in [4.78, 5) is 15.9. The minimum absolute atomic E-state index is 0.139. The third-order valence-electron chi connectivity index (χ3n) is 4.37. The van der Waals surface area contributed by atoms with Crippen LogP contribution in [0.1, 0.15) is 24.5 Å². The molecule has 2 rings (SSSR count). The van der Waals surface area contributed by atoms with E-state index in [9.17, 15) is 9.90 Å². The van der Waals surface area contributed by atoms with Crippen molar-refractivity contribution in [2.75, 3.05) is 33.2 Å². The maximum absolute atomic E-state index is 11.3. The molecule has 1 fully saturated rings. The molecule has 0 aromatic heterocycles. The Morgan fingerprint density at radius 1 is 1.20 bits per heavy atom. The molecule has 1 heterocycles. The highest BCUT2D eigenvalue weighted by Gasteiger charge is 2.37. The Hall–Kier alpha value is -1.39. The van der Waals surface area contributed by atoms with Gasteiger partial charge in [0.05, 0.1) is 12.0 Å². The van der Waals surface area contributed by atoms with Gasteiger partial charge in [-0.05, 0) is 26.5 Å². The minimum Gasteiger partial charge on any atom is -0.481 e. The molecule has 1 aromatic rings. The molecule has 0 spiro atoms. The molecule has 0 saturated carbocycles. The topological polar surface area (TPSA) is 43.8 Å². The number of aliphatic carboxylic acids is 1. The molecule has 1 unspecified atom stereocenters. The van der Waals surface area contributed by atoms with Crippen LogP contribution in [-0.2, 0) is 10.3 Å². The van der Waals surface area contributed by atoms with Gasteiger partial charge in [0.25, 0.3) is 0 Å². The van der Waals surface area contributed by atoms with Crippen molar-refractivity contribution in [1.82, 2.24) is 9.80 Å². The average Bonchev–Trinajstić information content (AvgIpc) is 2.39. The number of piperazine rings is 1. The van der Waals surface area contributed by atoms with Crippen molar-refractivity contribution in [2.45, 2.75) is 25.8 Å². The molecule has 0 amide bonds. The normalized spacial score (nSPS) is 20.6. The van der Waals surface area contributed by atoms with Gasteiger partial charge in [0.1, 0.15) is 0 Å². The number of rotatable bonds is 4. The van der Waals surface area contributed by atoms with Crippen LogP contribution in [-0.4, -0.2) is 54.1 Å². The van der Waals surface area contributed by atoms with Gasteiger partial charge < -0.3 is 10.0 Å². The highest BCUT2D eigenvalue weighted by Crippen LogP contribution is 2.33. The predicted octanol–water partition coefficient (Wildman–Crippen LogP) is 1.93. The third kappa shape index (κ3) is 3.19. The molecule has 110 valence electrons. The molecule has 20 heavy (non-hydrogen) atoms. The number of likely N-dealkylation sites (N-methyl/N-ethyl adjacent to an activating group) is 1. The van der Waals surface area contributed by atoms with Crippen LogP contribution in [0.25, 0.3) is 0 Å². The summed E-state index contributed by atoms with van der Waals surface area (Å²) in [6.45, 7) is 7.90. The fourth-order valence-electron chi connectivity index (χ4n) is 2.90. The van der Waals surface area contributed by atoms with Gasteiger partial charge in [0.15, 0.2) is 0 Å². The Labute approximate surface area is 121 Å². The zero-order valence-corrected chi connectivity index (χ0v) is 12.6. The number of carboxylic acid groups (broad SMARTS) is 1. The van der Waals surface area contributed by atoms with Crippen LogP contribution in [0.15, 0.2) is 24.3 Å². The molecule has 1 aromatic carbocycles. The van der Waals surface area contributed by atoms with Gasteiger partial charge in [0.2, 0.25) is 0 Å². The molecule has 0 bridgehead atoms. The van der Waals surface area contributed by atoms with Crippen LogP contribution in [0.5, 0.6) is 0 Å². The summed E-state index contributed by atoms with van der Waals surface area (Å²) < 4.78 is 0. The number of hydrogen-bond acceptors (Lipinski definition) is 3. The highest BCUT2D eigenvalue weighted by molar-refractivity contribution is 5.69. The molecule has 4 heteroatoms. The summed E-state index contributed by atoms with van der Waals surface area (Å²) in [5.41, 5.74) is 1.86. The molecule has 4 nitrogen and oxygen atoms in total. The van der Waals surface area contributed by atoms with Crippen LogP contribution < -0.4 is 0 Å². The van der Waals surface area contributed by atoms with E-state index in [1.165, 1.54) is 5.56 Å². The summed E-state index contributed by atoms with van der Waals surface area (Å²) in [6.07, 6.45) is 0.139. The monoisotopic (exact) mass is 276 g/mol. The van der Waals surface area contributed by atoms with E-state index in [-0.39, 0.29) is 6.42 Å². The quantitative estimate of drug-likeness (QED) is 0.912. The van der Waals surface area contributed by atoms with Crippen molar-refractivity contribution in [3.05, 3.63) is 35.4 Å². The first-order valence-electron chi connectivity index (χ1n) is 7.14. The molecule has 1 aliphatic rings. The first kappa shape index (κ1) is 15.0. The third-order valence-corrected chi connectivity index (χ3v) is 4.37. The molecular weight excluding hydrogens is 252 g/mol. The number of carbonyl (C=O) groups is 1. The Kier molecular flexibility index (Phi) is 4.45. The Morgan fingerprint density at radius 3 is 2.25 bits per heavy atom. The second kappa shape index (κ2) is 5.94. The lowest BCUT2D eigenvalue weighted by atomic mass is 9.85. The first-order valence-corrected chi connectivity index (χ1v) is 7.14. The lowest BCUT2D eigenvalue weighted by molar-refractivity contribution is -0.140. The number of benzene rings is 1. The van der Waals surface area contributed by atoms with Crippen LogP contribution >= 0.6 is 0 Å². The summed E-state index contributed by atoms with van der Waals surface area (Å²) in [6, 6.07) is 8.25. The van der Waals surface area contributed by atoms with E-state index < -0.39 is 11.5 Å². The van der Waals surface area contributed by atoms with Gasteiger partial charge in [-0.1, -0.05) is 29.8 Å². The molecule has 1 atom stereocenters. The van der Waals surface area contributed by atoms with Crippen molar-refractivity contribution < 1.29 is 9.90 Å². The van der Waals surface area contributed by atoms with E-state index >= 15 is 0 Å². The Bertz CT molecular complexity index is 464. The van der Waals surface area contributed by atoms with E-state index in [0.717, 1.165) is 31.7 Å². The molecular formula is C16H24N2O2. The van der Waals surface area contributed by atoms with E-state index in [4.69, 9.17) is 0 Å². The smallest absolute Gasteiger partial charge is 0.305 e. The van der Waals surface area contributed by atoms with Gasteiger partial charge in [-0.25, -0.2) is 0 Å². The standard InChI is InChI=1S/C16H24N2O2/c1-13-4-6-14(7-5-13)16(2,12-15(19)20)18-10-8-17(3)9-11-18/h4-7H,8-12H2,1-3H3,(H,19,20). The first-order chi connectivity index (χ1) is 9.41. The number of aryl methyl sites for hydroxylation is 1. The van der Waals surface area contributed by atoms with Gasteiger partial charge in [0, 0.05) is 26.2 Å². The van der Waals surface area contributed by atoms with Gasteiger partial charge >= 0.3 is 5.97 Å². The SMILES string of the molecule is Cc1ccc(C(C)(CC(=O)O)N2CCN(C)CC2)cc1. The second-order valence-corrected chi connectivity index (χ2v) is 6.00. The summed E-state index contributed by atoms with van der Waals surface area (Å²) in [5.74, 6) is -0.744. The molecule has 1 aliphatic heterocycles. The van der Waals surface area contributed by atoms with Crippen molar-refractivity contribution in [1.29, 1.82) is 0 Å². The fourth-order valence-corrected chi connectivity index (χ4v) is 2.90. The Morgan fingerprint density at radius 2 is 1.75 bits per heavy atom. The predicted molar refractivity (Wildman–Crippen MR) is 79.9 cm³/mol. The molecule has 0 aliphatic carbocycles. The summed E-state index contributed by atoms with van der Waals surface area (Å²) in [7, 11) is 2.11. The van der Waals surface area contributed by atoms with E-state index in [1.807, 2.05) is 6.92 Å². The number of nitrogens with zero attached hydrogens (tertiary/aromatic N) is 2. The lowest BCUT2D eigenvalue weighted by Crippen LogP contribution is -2.54. The Balaban J connectivity index is 2.29. The maximum Gasteiger partial charge on any atom is 0.305 e.